The highest BCUT2D eigenvalue weighted by atomic mass is 16.1. The molecule has 0 spiro atoms. The maximum Gasteiger partial charge on any atom is 0.216 e. The topological polar surface area (TPSA) is 46.2 Å². The number of hydrogen-bond donors (Lipinski definition) is 1. The second-order valence-electron chi connectivity index (χ2n) is 4.40. The van der Waals surface area contributed by atoms with Crippen LogP contribution in [0.15, 0.2) is 36.4 Å². The first kappa shape index (κ1) is 13.8. The van der Waals surface area contributed by atoms with E-state index in [1.54, 1.807) is 6.07 Å². The highest BCUT2D eigenvalue weighted by molar-refractivity contribution is 5.95. The molecule has 3 nitrogen and oxygen atoms in total. The van der Waals surface area contributed by atoms with E-state index >= 15 is 0 Å². The Labute approximate surface area is 118 Å². The zero-order valence-electron chi connectivity index (χ0n) is 11.3. The summed E-state index contributed by atoms with van der Waals surface area (Å²) >= 11 is 0. The predicted octanol–water partition coefficient (Wildman–Crippen LogP) is 2.53. The number of benzene rings is 2. The van der Waals surface area contributed by atoms with Gasteiger partial charge in [0.25, 0.3) is 0 Å². The van der Waals surface area contributed by atoms with Crippen LogP contribution in [0.4, 0.5) is 0 Å². The second kappa shape index (κ2) is 6.53. The van der Waals surface area contributed by atoms with E-state index in [1.165, 1.54) is 6.92 Å². The Morgan fingerprint density at radius 2 is 2.05 bits per heavy atom. The van der Waals surface area contributed by atoms with Gasteiger partial charge in [0.1, 0.15) is 0 Å². The lowest BCUT2D eigenvalue weighted by molar-refractivity contribution is -0.118. The third-order valence-corrected chi connectivity index (χ3v) is 2.93. The second-order valence-corrected chi connectivity index (χ2v) is 4.40. The van der Waals surface area contributed by atoms with Gasteiger partial charge in [-0.15, -0.1) is 0 Å². The molecule has 0 aliphatic heterocycles. The van der Waals surface area contributed by atoms with Gasteiger partial charge in [-0.25, -0.2) is 0 Å². The van der Waals surface area contributed by atoms with Crippen molar-refractivity contribution in [3.05, 3.63) is 47.5 Å². The number of rotatable bonds is 3. The van der Waals surface area contributed by atoms with Gasteiger partial charge in [-0.3, -0.25) is 9.59 Å². The molecular weight excluding hydrogens is 250 g/mol. The summed E-state index contributed by atoms with van der Waals surface area (Å²) < 4.78 is 0. The molecule has 0 bridgehead atoms. The number of fused-ring (bicyclic) bond motifs is 1. The Kier molecular flexibility index (Phi) is 4.52. The number of carbonyl (C=O) groups excluding carboxylic acids is 2. The van der Waals surface area contributed by atoms with Gasteiger partial charge in [0.05, 0.1) is 0 Å². The Hall–Kier alpha value is -2.60. The zero-order chi connectivity index (χ0) is 14.4. The Morgan fingerprint density at radius 1 is 1.25 bits per heavy atom. The van der Waals surface area contributed by atoms with Crippen molar-refractivity contribution < 1.29 is 9.59 Å². The molecule has 3 heteroatoms. The molecule has 0 saturated carbocycles. The monoisotopic (exact) mass is 265 g/mol. The fourth-order valence-electron chi connectivity index (χ4n) is 1.98. The maximum absolute atomic E-state index is 11.1. The lowest BCUT2D eigenvalue weighted by Crippen LogP contribution is -2.20. The summed E-state index contributed by atoms with van der Waals surface area (Å²) in [6.07, 6.45) is 1.38. The van der Waals surface area contributed by atoms with Crippen molar-refractivity contribution in [1.29, 1.82) is 0 Å². The smallest absolute Gasteiger partial charge is 0.216 e. The van der Waals surface area contributed by atoms with Crippen molar-refractivity contribution >= 4 is 23.0 Å². The molecule has 0 heterocycles. The van der Waals surface area contributed by atoms with Gasteiger partial charge >= 0.3 is 0 Å². The third kappa shape index (κ3) is 3.24. The summed E-state index contributed by atoms with van der Waals surface area (Å²) in [4.78, 5) is 21.9. The fraction of sp³-hybridized carbons (Fsp3) is 0.176. The molecule has 2 aromatic rings. The van der Waals surface area contributed by atoms with E-state index in [4.69, 9.17) is 0 Å². The first-order chi connectivity index (χ1) is 9.72. The lowest BCUT2D eigenvalue weighted by Gasteiger charge is -2.03. The van der Waals surface area contributed by atoms with Gasteiger partial charge < -0.3 is 5.32 Å². The quantitative estimate of drug-likeness (QED) is 0.526. The minimum Gasteiger partial charge on any atom is -0.355 e. The van der Waals surface area contributed by atoms with Crippen molar-refractivity contribution in [3.8, 4) is 11.8 Å². The van der Waals surface area contributed by atoms with Crippen LogP contribution in [0.25, 0.3) is 10.8 Å². The first-order valence-electron chi connectivity index (χ1n) is 6.42. The average Bonchev–Trinajstić information content (AvgIpc) is 2.46. The summed E-state index contributed by atoms with van der Waals surface area (Å²) in [7, 11) is 0. The van der Waals surface area contributed by atoms with Gasteiger partial charge in [0.2, 0.25) is 5.91 Å². The summed E-state index contributed by atoms with van der Waals surface area (Å²) in [6.45, 7) is 1.99. The molecule has 1 amide bonds. The number of nitrogens with one attached hydrogen (secondary N) is 1. The molecule has 0 fully saturated rings. The number of hydrogen-bond acceptors (Lipinski definition) is 2. The lowest BCUT2D eigenvalue weighted by atomic mass is 10.00. The Balaban J connectivity index is 2.30. The van der Waals surface area contributed by atoms with Crippen LogP contribution in [-0.2, 0) is 4.79 Å². The molecule has 2 aromatic carbocycles. The van der Waals surface area contributed by atoms with Gasteiger partial charge in [-0.1, -0.05) is 42.2 Å². The van der Waals surface area contributed by atoms with Crippen molar-refractivity contribution in [3.63, 3.8) is 0 Å². The molecule has 20 heavy (non-hydrogen) atoms. The number of carbonyl (C=O) groups is 2. The van der Waals surface area contributed by atoms with Crippen LogP contribution in [0.2, 0.25) is 0 Å². The highest BCUT2D eigenvalue weighted by Gasteiger charge is 2.04. The molecular formula is C17H15NO2. The van der Waals surface area contributed by atoms with Crippen molar-refractivity contribution in [2.45, 2.75) is 13.3 Å². The summed E-state index contributed by atoms with van der Waals surface area (Å²) in [5.41, 5.74) is 1.34. The number of aldehydes is 1. The normalized spacial score (nSPS) is 9.65. The predicted molar refractivity (Wildman–Crippen MR) is 79.5 cm³/mol. The van der Waals surface area contributed by atoms with E-state index in [-0.39, 0.29) is 5.91 Å². The summed E-state index contributed by atoms with van der Waals surface area (Å²) in [5, 5.41) is 4.72. The maximum atomic E-state index is 11.1. The fourth-order valence-corrected chi connectivity index (χ4v) is 1.98. The molecule has 0 radical (unpaired) electrons. The molecule has 0 saturated heterocycles. The molecule has 0 aromatic heterocycles. The van der Waals surface area contributed by atoms with Crippen molar-refractivity contribution in [2.24, 2.45) is 0 Å². The molecule has 0 unspecified atom stereocenters. The molecule has 0 aliphatic carbocycles. The molecule has 0 aliphatic rings. The van der Waals surface area contributed by atoms with E-state index in [0.29, 0.717) is 18.5 Å². The minimum absolute atomic E-state index is 0.0643. The third-order valence-electron chi connectivity index (χ3n) is 2.93. The van der Waals surface area contributed by atoms with E-state index in [1.807, 2.05) is 30.3 Å². The average molecular weight is 265 g/mol. The van der Waals surface area contributed by atoms with Gasteiger partial charge in [0, 0.05) is 31.0 Å². The molecule has 0 atom stereocenters. The minimum atomic E-state index is -0.0643. The molecule has 100 valence electrons. The van der Waals surface area contributed by atoms with Crippen molar-refractivity contribution in [1.82, 2.24) is 5.32 Å². The highest BCUT2D eigenvalue weighted by Crippen LogP contribution is 2.20. The zero-order valence-corrected chi connectivity index (χ0v) is 11.3. The van der Waals surface area contributed by atoms with Crippen LogP contribution in [-0.4, -0.2) is 18.7 Å². The van der Waals surface area contributed by atoms with Crippen LogP contribution in [0.3, 0.4) is 0 Å². The van der Waals surface area contributed by atoms with Gasteiger partial charge in [-0.05, 0) is 16.8 Å². The van der Waals surface area contributed by atoms with E-state index < -0.39 is 0 Å². The van der Waals surface area contributed by atoms with Gasteiger partial charge in [-0.2, -0.15) is 0 Å². The van der Waals surface area contributed by atoms with Crippen LogP contribution in [0, 0.1) is 11.8 Å². The van der Waals surface area contributed by atoms with Crippen LogP contribution < -0.4 is 5.32 Å². The SMILES string of the molecule is CC(=O)NCCC#Cc1c(C=O)ccc2ccccc12. The molecule has 2 rings (SSSR count). The van der Waals surface area contributed by atoms with Crippen LogP contribution in [0.1, 0.15) is 29.3 Å². The standard InChI is InChI=1S/C17H15NO2/c1-13(20)18-11-5-4-8-17-15(12-19)10-9-14-6-2-3-7-16(14)17/h2-3,6-7,9-10,12H,5,11H2,1H3,(H,18,20). The Morgan fingerprint density at radius 3 is 2.80 bits per heavy atom. The first-order valence-corrected chi connectivity index (χ1v) is 6.42. The summed E-state index contributed by atoms with van der Waals surface area (Å²) in [6, 6.07) is 11.5. The van der Waals surface area contributed by atoms with Crippen LogP contribution in [0.5, 0.6) is 0 Å². The van der Waals surface area contributed by atoms with Crippen molar-refractivity contribution in [2.75, 3.05) is 6.54 Å². The van der Waals surface area contributed by atoms with E-state index in [0.717, 1.165) is 22.6 Å². The number of amides is 1. The van der Waals surface area contributed by atoms with Crippen LogP contribution >= 0.6 is 0 Å². The Bertz CT molecular complexity index is 708. The van der Waals surface area contributed by atoms with E-state index in [9.17, 15) is 9.59 Å². The largest absolute Gasteiger partial charge is 0.355 e. The molecule has 1 N–H and O–H groups in total. The van der Waals surface area contributed by atoms with E-state index in [2.05, 4.69) is 17.2 Å². The van der Waals surface area contributed by atoms with Gasteiger partial charge in [0.15, 0.2) is 6.29 Å². The summed E-state index contributed by atoms with van der Waals surface area (Å²) in [5.74, 6) is 5.98.